The lowest BCUT2D eigenvalue weighted by Gasteiger charge is -2.18. The molecule has 0 heterocycles. The van der Waals surface area contributed by atoms with Crippen molar-refractivity contribution in [2.45, 2.75) is 19.4 Å². The van der Waals surface area contributed by atoms with Crippen LogP contribution < -0.4 is 16.8 Å². The number of primary amides is 1. The third-order valence-electron chi connectivity index (χ3n) is 1.93. The molecule has 1 atom stereocenters. The van der Waals surface area contributed by atoms with Crippen molar-refractivity contribution in [1.29, 1.82) is 0 Å². The molecule has 0 aliphatic rings. The first-order chi connectivity index (χ1) is 7.75. The van der Waals surface area contributed by atoms with E-state index in [1.54, 1.807) is 0 Å². The molecule has 17 heavy (non-hydrogen) atoms. The molecule has 0 fully saturated rings. The molecule has 8 heteroatoms. The fourth-order valence-electron chi connectivity index (χ4n) is 0.994. The molecule has 0 aliphatic heterocycles. The molecule has 4 amide bonds. The highest BCUT2D eigenvalue weighted by Gasteiger charge is 2.24. The molecular weight excluding hydrogens is 228 g/mol. The zero-order valence-electron chi connectivity index (χ0n) is 9.73. The summed E-state index contributed by atoms with van der Waals surface area (Å²) in [7, 11) is 1.22. The molecule has 0 saturated carbocycles. The van der Waals surface area contributed by atoms with Crippen molar-refractivity contribution >= 4 is 23.6 Å². The van der Waals surface area contributed by atoms with Crippen LogP contribution in [0.1, 0.15) is 13.3 Å². The summed E-state index contributed by atoms with van der Waals surface area (Å²) in [5.41, 5.74) is 10.3. The smallest absolute Gasteiger partial charge is 0.248 e. The zero-order chi connectivity index (χ0) is 13.6. The van der Waals surface area contributed by atoms with E-state index < -0.39 is 23.8 Å². The van der Waals surface area contributed by atoms with Crippen LogP contribution in [0.25, 0.3) is 0 Å². The van der Waals surface area contributed by atoms with Gasteiger partial charge in [-0.3, -0.25) is 24.1 Å². The summed E-state index contributed by atoms with van der Waals surface area (Å²) in [6.45, 7) is 0.939. The van der Waals surface area contributed by atoms with Crippen molar-refractivity contribution in [3.05, 3.63) is 0 Å². The first-order valence-electron chi connectivity index (χ1n) is 4.84. The zero-order valence-corrected chi connectivity index (χ0v) is 9.73. The molecule has 0 aromatic rings. The van der Waals surface area contributed by atoms with Crippen molar-refractivity contribution in [3.8, 4) is 0 Å². The number of rotatable bonds is 5. The summed E-state index contributed by atoms with van der Waals surface area (Å²) in [5.74, 6) is -2.46. The van der Waals surface area contributed by atoms with Crippen LogP contribution in [0.2, 0.25) is 0 Å². The summed E-state index contributed by atoms with van der Waals surface area (Å²) in [6.07, 6.45) is -0.337. The minimum absolute atomic E-state index is 0.305. The second kappa shape index (κ2) is 6.59. The number of nitrogens with zero attached hydrogens (tertiary/aromatic N) is 1. The van der Waals surface area contributed by atoms with Crippen LogP contribution in [-0.4, -0.2) is 48.2 Å². The molecule has 0 saturated heterocycles. The van der Waals surface area contributed by atoms with Gasteiger partial charge in [0.2, 0.25) is 23.6 Å². The standard InChI is InChI=1S/C9H16N4O4/c1-5(14)12-4-8(16)13(2)9(17)6(10)3-7(11)15/h6H,3-4,10H2,1-2H3,(H2,11,15)(H,12,14)/t6-/m0/s1. The van der Waals surface area contributed by atoms with Crippen LogP contribution in [0.4, 0.5) is 0 Å². The van der Waals surface area contributed by atoms with E-state index in [1.807, 2.05) is 0 Å². The second-order valence-electron chi connectivity index (χ2n) is 3.48. The first kappa shape index (κ1) is 15.0. The van der Waals surface area contributed by atoms with E-state index in [0.717, 1.165) is 4.90 Å². The molecule has 5 N–H and O–H groups in total. The van der Waals surface area contributed by atoms with Crippen LogP contribution >= 0.6 is 0 Å². The number of nitrogens with one attached hydrogen (secondary N) is 1. The topological polar surface area (TPSA) is 136 Å². The minimum Gasteiger partial charge on any atom is -0.370 e. The Morgan fingerprint density at radius 2 is 1.82 bits per heavy atom. The van der Waals surface area contributed by atoms with E-state index in [-0.39, 0.29) is 18.9 Å². The Balaban J connectivity index is 4.33. The highest BCUT2D eigenvalue weighted by atomic mass is 16.2. The molecule has 0 radical (unpaired) electrons. The van der Waals surface area contributed by atoms with Gasteiger partial charge in [-0.2, -0.15) is 0 Å². The highest BCUT2D eigenvalue weighted by Crippen LogP contribution is 1.95. The summed E-state index contributed by atoms with van der Waals surface area (Å²) < 4.78 is 0. The van der Waals surface area contributed by atoms with Crippen LogP contribution in [0.15, 0.2) is 0 Å². The monoisotopic (exact) mass is 244 g/mol. The Bertz CT molecular complexity index is 342. The molecule has 0 rings (SSSR count). The maximum Gasteiger partial charge on any atom is 0.248 e. The first-order valence-corrected chi connectivity index (χ1v) is 4.84. The van der Waals surface area contributed by atoms with Gasteiger partial charge < -0.3 is 16.8 Å². The van der Waals surface area contributed by atoms with E-state index in [0.29, 0.717) is 0 Å². The molecule has 0 unspecified atom stereocenters. The summed E-state index contributed by atoms with van der Waals surface area (Å²) in [4.78, 5) is 44.8. The number of likely N-dealkylation sites (N-methyl/N-ethyl adjacent to an activating group) is 1. The lowest BCUT2D eigenvalue weighted by molar-refractivity contribution is -0.145. The molecule has 0 spiro atoms. The van der Waals surface area contributed by atoms with Crippen molar-refractivity contribution in [1.82, 2.24) is 10.2 Å². The maximum atomic E-state index is 11.5. The maximum absolute atomic E-state index is 11.5. The Hall–Kier alpha value is -1.96. The van der Waals surface area contributed by atoms with Gasteiger partial charge >= 0.3 is 0 Å². The molecule has 0 bridgehead atoms. The van der Waals surface area contributed by atoms with Crippen molar-refractivity contribution < 1.29 is 19.2 Å². The number of amides is 4. The summed E-state index contributed by atoms with van der Waals surface area (Å²) in [6, 6.07) is -1.15. The largest absolute Gasteiger partial charge is 0.370 e. The predicted octanol–water partition coefficient (Wildman–Crippen LogP) is -2.69. The lowest BCUT2D eigenvalue weighted by atomic mass is 10.2. The fourth-order valence-corrected chi connectivity index (χ4v) is 0.994. The predicted molar refractivity (Wildman–Crippen MR) is 58.2 cm³/mol. The summed E-state index contributed by atoms with van der Waals surface area (Å²) in [5, 5.41) is 2.25. The number of carbonyl (C=O) groups excluding carboxylic acids is 4. The summed E-state index contributed by atoms with van der Waals surface area (Å²) >= 11 is 0. The van der Waals surface area contributed by atoms with Crippen molar-refractivity contribution in [3.63, 3.8) is 0 Å². The Labute approximate surface area is 98.3 Å². The fraction of sp³-hybridized carbons (Fsp3) is 0.556. The van der Waals surface area contributed by atoms with Gasteiger partial charge in [0.1, 0.15) is 0 Å². The molecule has 0 aromatic heterocycles. The van der Waals surface area contributed by atoms with Gasteiger partial charge in [-0.15, -0.1) is 0 Å². The van der Waals surface area contributed by atoms with Gasteiger partial charge in [0.15, 0.2) is 0 Å². The average Bonchev–Trinajstić information content (AvgIpc) is 2.22. The third kappa shape index (κ3) is 5.61. The quantitative estimate of drug-likeness (QED) is 0.484. The Morgan fingerprint density at radius 3 is 2.24 bits per heavy atom. The van der Waals surface area contributed by atoms with E-state index in [9.17, 15) is 19.2 Å². The van der Waals surface area contributed by atoms with Gasteiger partial charge in [-0.1, -0.05) is 0 Å². The van der Waals surface area contributed by atoms with Crippen LogP contribution in [-0.2, 0) is 19.2 Å². The highest BCUT2D eigenvalue weighted by molar-refractivity contribution is 6.00. The Morgan fingerprint density at radius 1 is 1.29 bits per heavy atom. The second-order valence-corrected chi connectivity index (χ2v) is 3.48. The Kier molecular flexibility index (Phi) is 5.83. The van der Waals surface area contributed by atoms with Crippen molar-refractivity contribution in [2.24, 2.45) is 11.5 Å². The number of imide groups is 1. The number of hydrogen-bond acceptors (Lipinski definition) is 5. The SMILES string of the molecule is CC(=O)NCC(=O)N(C)C(=O)[C@@H](N)CC(N)=O. The lowest BCUT2D eigenvalue weighted by Crippen LogP contribution is -2.48. The van der Waals surface area contributed by atoms with Gasteiger partial charge in [-0.05, 0) is 0 Å². The normalized spacial score (nSPS) is 11.5. The van der Waals surface area contributed by atoms with Gasteiger partial charge in [0.25, 0.3) is 0 Å². The molecule has 0 aromatic carbocycles. The van der Waals surface area contributed by atoms with Crippen molar-refractivity contribution in [2.75, 3.05) is 13.6 Å². The van der Waals surface area contributed by atoms with Crippen LogP contribution in [0.5, 0.6) is 0 Å². The van der Waals surface area contributed by atoms with Crippen LogP contribution in [0.3, 0.4) is 0 Å². The minimum atomic E-state index is -1.15. The van der Waals surface area contributed by atoms with Gasteiger partial charge in [0.05, 0.1) is 19.0 Å². The van der Waals surface area contributed by atoms with E-state index >= 15 is 0 Å². The van der Waals surface area contributed by atoms with E-state index in [1.165, 1.54) is 14.0 Å². The van der Waals surface area contributed by atoms with Crippen LogP contribution in [0, 0.1) is 0 Å². The van der Waals surface area contributed by atoms with Gasteiger partial charge in [-0.25, -0.2) is 0 Å². The molecule has 96 valence electrons. The van der Waals surface area contributed by atoms with E-state index in [4.69, 9.17) is 11.5 Å². The number of hydrogen-bond donors (Lipinski definition) is 3. The molecular formula is C9H16N4O4. The van der Waals surface area contributed by atoms with Gasteiger partial charge in [0, 0.05) is 14.0 Å². The molecule has 8 nitrogen and oxygen atoms in total. The average molecular weight is 244 g/mol. The number of carbonyl (C=O) groups is 4. The van der Waals surface area contributed by atoms with E-state index in [2.05, 4.69) is 5.32 Å². The third-order valence-corrected chi connectivity index (χ3v) is 1.93. The molecule has 0 aliphatic carbocycles. The number of nitrogens with two attached hydrogens (primary N) is 2.